The SMILES string of the molecule is CCc1cnc(OC2CCCN(S(=O)(=O)c3ccc(OC(C)C)cc3)C2)nc1. The molecule has 3 rings (SSSR count). The maximum atomic E-state index is 13.0. The number of ether oxygens (including phenoxy) is 2. The van der Waals surface area contributed by atoms with Gasteiger partial charge in [0.15, 0.2) is 0 Å². The summed E-state index contributed by atoms with van der Waals surface area (Å²) < 4.78 is 38.9. The number of benzene rings is 1. The van der Waals surface area contributed by atoms with Crippen molar-refractivity contribution >= 4 is 10.0 Å². The van der Waals surface area contributed by atoms with Crippen molar-refractivity contribution in [2.75, 3.05) is 13.1 Å². The monoisotopic (exact) mass is 405 g/mol. The quantitative estimate of drug-likeness (QED) is 0.704. The van der Waals surface area contributed by atoms with E-state index in [4.69, 9.17) is 9.47 Å². The molecule has 1 aromatic heterocycles. The highest BCUT2D eigenvalue weighted by atomic mass is 32.2. The molecule has 2 aromatic rings. The smallest absolute Gasteiger partial charge is 0.316 e. The fourth-order valence-corrected chi connectivity index (χ4v) is 4.58. The minimum absolute atomic E-state index is 0.0380. The van der Waals surface area contributed by atoms with Crippen LogP contribution < -0.4 is 9.47 Å². The largest absolute Gasteiger partial charge is 0.491 e. The van der Waals surface area contributed by atoms with Crippen LogP contribution in [0.1, 0.15) is 39.2 Å². The molecule has 0 bridgehead atoms. The molecule has 0 amide bonds. The lowest BCUT2D eigenvalue weighted by Gasteiger charge is -2.31. The van der Waals surface area contributed by atoms with Crippen LogP contribution in [0.5, 0.6) is 11.8 Å². The Labute approximate surface area is 166 Å². The maximum absolute atomic E-state index is 13.0. The molecule has 28 heavy (non-hydrogen) atoms. The Morgan fingerprint density at radius 2 is 1.86 bits per heavy atom. The van der Waals surface area contributed by atoms with Gasteiger partial charge in [-0.25, -0.2) is 18.4 Å². The van der Waals surface area contributed by atoms with E-state index in [2.05, 4.69) is 9.97 Å². The minimum atomic E-state index is -3.59. The van der Waals surface area contributed by atoms with Gasteiger partial charge in [-0.3, -0.25) is 0 Å². The van der Waals surface area contributed by atoms with Gasteiger partial charge in [0, 0.05) is 18.9 Å². The third-order valence-corrected chi connectivity index (χ3v) is 6.42. The topological polar surface area (TPSA) is 81.6 Å². The minimum Gasteiger partial charge on any atom is -0.491 e. The highest BCUT2D eigenvalue weighted by Crippen LogP contribution is 2.24. The first-order chi connectivity index (χ1) is 13.4. The molecule has 1 fully saturated rings. The molecular formula is C20H27N3O4S. The summed E-state index contributed by atoms with van der Waals surface area (Å²) in [5.74, 6) is 0.654. The van der Waals surface area contributed by atoms with Crippen LogP contribution in [0.3, 0.4) is 0 Å². The molecule has 1 aliphatic heterocycles. The molecule has 7 nitrogen and oxygen atoms in total. The third kappa shape index (κ3) is 4.99. The zero-order chi connectivity index (χ0) is 20.1. The van der Waals surface area contributed by atoms with Gasteiger partial charge in [0.2, 0.25) is 10.0 Å². The van der Waals surface area contributed by atoms with Crippen LogP contribution >= 0.6 is 0 Å². The van der Waals surface area contributed by atoms with Gasteiger partial charge >= 0.3 is 6.01 Å². The highest BCUT2D eigenvalue weighted by Gasteiger charge is 2.31. The second-order valence-electron chi connectivity index (χ2n) is 7.11. The Bertz CT molecular complexity index is 867. The highest BCUT2D eigenvalue weighted by molar-refractivity contribution is 7.89. The van der Waals surface area contributed by atoms with E-state index < -0.39 is 10.0 Å². The van der Waals surface area contributed by atoms with Gasteiger partial charge in [0.05, 0.1) is 17.5 Å². The second-order valence-corrected chi connectivity index (χ2v) is 9.05. The predicted molar refractivity (Wildman–Crippen MR) is 106 cm³/mol. The molecule has 1 unspecified atom stereocenters. The Morgan fingerprint density at radius 3 is 2.46 bits per heavy atom. The molecule has 152 valence electrons. The van der Waals surface area contributed by atoms with Gasteiger partial charge in [0.25, 0.3) is 0 Å². The maximum Gasteiger partial charge on any atom is 0.316 e. The number of rotatable bonds is 7. The number of aromatic nitrogens is 2. The normalized spacial score (nSPS) is 18.2. The lowest BCUT2D eigenvalue weighted by atomic mass is 10.1. The standard InChI is InChI=1S/C20H27N3O4S/c1-4-16-12-21-20(22-13-16)27-18-6-5-11-23(14-18)28(24,25)19-9-7-17(8-10-19)26-15(2)3/h7-10,12-13,15,18H,4-6,11,14H2,1-3H3. The lowest BCUT2D eigenvalue weighted by Crippen LogP contribution is -2.44. The van der Waals surface area contributed by atoms with Gasteiger partial charge in [-0.15, -0.1) is 0 Å². The number of nitrogens with zero attached hydrogens (tertiary/aromatic N) is 3. The molecule has 8 heteroatoms. The van der Waals surface area contributed by atoms with E-state index in [1.165, 1.54) is 4.31 Å². The molecule has 1 saturated heterocycles. The van der Waals surface area contributed by atoms with Crippen molar-refractivity contribution in [3.63, 3.8) is 0 Å². The molecule has 0 aliphatic carbocycles. The van der Waals surface area contributed by atoms with Gasteiger partial charge in [-0.05, 0) is 62.9 Å². The molecular weight excluding hydrogens is 378 g/mol. The van der Waals surface area contributed by atoms with Gasteiger partial charge in [0.1, 0.15) is 11.9 Å². The van der Waals surface area contributed by atoms with Crippen molar-refractivity contribution in [3.8, 4) is 11.8 Å². The van der Waals surface area contributed by atoms with Crippen LogP contribution in [-0.4, -0.2) is 48.0 Å². The molecule has 1 aliphatic rings. The number of hydrogen-bond acceptors (Lipinski definition) is 6. The van der Waals surface area contributed by atoms with E-state index in [-0.39, 0.29) is 29.7 Å². The Kier molecular flexibility index (Phi) is 6.51. The predicted octanol–water partition coefficient (Wildman–Crippen LogP) is 3.06. The van der Waals surface area contributed by atoms with E-state index in [0.717, 1.165) is 24.8 Å². The summed E-state index contributed by atoms with van der Waals surface area (Å²) >= 11 is 0. The van der Waals surface area contributed by atoms with E-state index in [1.807, 2.05) is 20.8 Å². The summed E-state index contributed by atoms with van der Waals surface area (Å²) in [5, 5.41) is 0. The number of aryl methyl sites for hydroxylation is 1. The fourth-order valence-electron chi connectivity index (χ4n) is 3.07. The summed E-state index contributed by atoms with van der Waals surface area (Å²) in [7, 11) is -3.59. The van der Waals surface area contributed by atoms with Crippen LogP contribution in [0.25, 0.3) is 0 Å². The summed E-state index contributed by atoms with van der Waals surface area (Å²) in [6.07, 6.45) is 5.60. The lowest BCUT2D eigenvalue weighted by molar-refractivity contribution is 0.119. The first-order valence-electron chi connectivity index (χ1n) is 9.63. The second kappa shape index (κ2) is 8.87. The Morgan fingerprint density at radius 1 is 1.18 bits per heavy atom. The summed E-state index contributed by atoms with van der Waals surface area (Å²) in [6.45, 7) is 6.65. The molecule has 1 atom stereocenters. The number of sulfonamides is 1. The Balaban J connectivity index is 1.67. The average Bonchev–Trinajstić information content (AvgIpc) is 2.69. The summed E-state index contributed by atoms with van der Waals surface area (Å²) in [4.78, 5) is 8.67. The van der Waals surface area contributed by atoms with Crippen LogP contribution in [0, 0.1) is 0 Å². The molecule has 0 radical (unpaired) electrons. The first-order valence-corrected chi connectivity index (χ1v) is 11.1. The van der Waals surface area contributed by atoms with Crippen molar-refractivity contribution in [2.45, 2.75) is 57.1 Å². The van der Waals surface area contributed by atoms with E-state index in [0.29, 0.717) is 12.3 Å². The van der Waals surface area contributed by atoms with E-state index >= 15 is 0 Å². The fraction of sp³-hybridized carbons (Fsp3) is 0.500. The van der Waals surface area contributed by atoms with Crippen molar-refractivity contribution < 1.29 is 17.9 Å². The van der Waals surface area contributed by atoms with Crippen molar-refractivity contribution in [1.82, 2.24) is 14.3 Å². The van der Waals surface area contributed by atoms with E-state index in [1.54, 1.807) is 36.7 Å². The number of piperidine rings is 1. The van der Waals surface area contributed by atoms with Crippen LogP contribution in [0.4, 0.5) is 0 Å². The zero-order valence-corrected chi connectivity index (χ0v) is 17.4. The van der Waals surface area contributed by atoms with Crippen LogP contribution in [0.2, 0.25) is 0 Å². The van der Waals surface area contributed by atoms with Crippen molar-refractivity contribution in [1.29, 1.82) is 0 Å². The summed E-state index contributed by atoms with van der Waals surface area (Å²) in [6, 6.07) is 6.84. The van der Waals surface area contributed by atoms with Crippen molar-refractivity contribution in [3.05, 3.63) is 42.2 Å². The summed E-state index contributed by atoms with van der Waals surface area (Å²) in [5.41, 5.74) is 1.03. The van der Waals surface area contributed by atoms with Gasteiger partial charge < -0.3 is 9.47 Å². The molecule has 0 saturated carbocycles. The third-order valence-electron chi connectivity index (χ3n) is 4.54. The molecule has 1 aromatic carbocycles. The first kappa shape index (κ1) is 20.5. The van der Waals surface area contributed by atoms with Crippen LogP contribution in [-0.2, 0) is 16.4 Å². The molecule has 0 spiro atoms. The molecule has 0 N–H and O–H groups in total. The van der Waals surface area contributed by atoms with E-state index in [9.17, 15) is 8.42 Å². The average molecular weight is 406 g/mol. The molecule has 2 heterocycles. The number of hydrogen-bond donors (Lipinski definition) is 0. The van der Waals surface area contributed by atoms with Crippen molar-refractivity contribution in [2.24, 2.45) is 0 Å². The van der Waals surface area contributed by atoms with Gasteiger partial charge in [-0.2, -0.15) is 4.31 Å². The van der Waals surface area contributed by atoms with Crippen LogP contribution in [0.15, 0.2) is 41.6 Å². The Hall–Kier alpha value is -2.19. The zero-order valence-electron chi connectivity index (χ0n) is 16.5. The van der Waals surface area contributed by atoms with Gasteiger partial charge in [-0.1, -0.05) is 6.92 Å².